The molecule has 23 heavy (non-hydrogen) atoms. The summed E-state index contributed by atoms with van der Waals surface area (Å²) in [6, 6.07) is 8.01. The maximum atomic E-state index is 12.7. The highest BCUT2D eigenvalue weighted by atomic mass is 32.1. The number of piperidine rings is 1. The monoisotopic (exact) mass is 329 g/mol. The summed E-state index contributed by atoms with van der Waals surface area (Å²) in [6.07, 6.45) is 4.03. The van der Waals surface area contributed by atoms with Crippen LogP contribution < -0.4 is 0 Å². The normalized spacial score (nSPS) is 18.4. The first kappa shape index (κ1) is 16.1. The molecule has 3 rings (SSSR count). The van der Waals surface area contributed by atoms with Gasteiger partial charge in [-0.15, -0.1) is 11.3 Å². The number of carbonyl (C=O) groups is 1. The van der Waals surface area contributed by atoms with Crippen LogP contribution in [0.5, 0.6) is 0 Å². The van der Waals surface area contributed by atoms with Crippen molar-refractivity contribution in [2.24, 2.45) is 0 Å². The Bertz CT molecular complexity index is 637. The molecule has 1 fully saturated rings. The van der Waals surface area contributed by atoms with Gasteiger partial charge in [-0.1, -0.05) is 12.1 Å². The first-order valence-corrected chi connectivity index (χ1v) is 8.94. The van der Waals surface area contributed by atoms with E-state index in [1.54, 1.807) is 11.3 Å². The topological polar surface area (TPSA) is 36.4 Å². The SMILES string of the molecule is CN(C)Cc1ccc(C(=O)N2CCC[C@H](c3nccs3)C2)cc1. The van der Waals surface area contributed by atoms with Crippen LogP contribution in [0.15, 0.2) is 35.8 Å². The Labute approximate surface area is 141 Å². The van der Waals surface area contributed by atoms with Crippen LogP contribution in [-0.2, 0) is 6.54 Å². The summed E-state index contributed by atoms with van der Waals surface area (Å²) < 4.78 is 0. The fraction of sp³-hybridized carbons (Fsp3) is 0.444. The van der Waals surface area contributed by atoms with E-state index in [-0.39, 0.29) is 5.91 Å². The summed E-state index contributed by atoms with van der Waals surface area (Å²) in [4.78, 5) is 21.3. The number of rotatable bonds is 4. The summed E-state index contributed by atoms with van der Waals surface area (Å²) in [7, 11) is 4.09. The molecule has 1 aliphatic rings. The van der Waals surface area contributed by atoms with Crippen LogP contribution in [0.25, 0.3) is 0 Å². The fourth-order valence-electron chi connectivity index (χ4n) is 3.10. The predicted molar refractivity (Wildman–Crippen MR) is 93.8 cm³/mol. The van der Waals surface area contributed by atoms with Crippen molar-refractivity contribution in [3.05, 3.63) is 52.0 Å². The van der Waals surface area contributed by atoms with E-state index in [4.69, 9.17) is 0 Å². The van der Waals surface area contributed by atoms with Gasteiger partial charge in [-0.3, -0.25) is 4.79 Å². The number of nitrogens with zero attached hydrogens (tertiary/aromatic N) is 3. The number of likely N-dealkylation sites (tertiary alicyclic amines) is 1. The van der Waals surface area contributed by atoms with Crippen molar-refractivity contribution in [1.29, 1.82) is 0 Å². The number of amides is 1. The van der Waals surface area contributed by atoms with Crippen molar-refractivity contribution in [2.45, 2.75) is 25.3 Å². The molecule has 0 spiro atoms. The van der Waals surface area contributed by atoms with Crippen molar-refractivity contribution in [1.82, 2.24) is 14.8 Å². The highest BCUT2D eigenvalue weighted by Crippen LogP contribution is 2.28. The number of hydrogen-bond acceptors (Lipinski definition) is 4. The van der Waals surface area contributed by atoms with Crippen molar-refractivity contribution >= 4 is 17.2 Å². The molecular weight excluding hydrogens is 306 g/mol. The van der Waals surface area contributed by atoms with E-state index in [9.17, 15) is 4.79 Å². The Morgan fingerprint density at radius 1 is 1.35 bits per heavy atom. The van der Waals surface area contributed by atoms with E-state index in [1.807, 2.05) is 42.7 Å². The maximum absolute atomic E-state index is 12.7. The highest BCUT2D eigenvalue weighted by molar-refractivity contribution is 7.09. The minimum Gasteiger partial charge on any atom is -0.338 e. The molecule has 1 aromatic heterocycles. The van der Waals surface area contributed by atoms with E-state index < -0.39 is 0 Å². The van der Waals surface area contributed by atoms with Crippen LogP contribution in [0.2, 0.25) is 0 Å². The molecule has 122 valence electrons. The Kier molecular flexibility index (Phi) is 5.08. The van der Waals surface area contributed by atoms with E-state index in [2.05, 4.69) is 22.0 Å². The predicted octanol–water partition coefficient (Wildman–Crippen LogP) is 3.22. The Morgan fingerprint density at radius 3 is 2.78 bits per heavy atom. The number of thiazole rings is 1. The Balaban J connectivity index is 1.67. The molecule has 0 aliphatic carbocycles. The number of aromatic nitrogens is 1. The molecule has 1 saturated heterocycles. The molecule has 0 N–H and O–H groups in total. The number of hydrogen-bond donors (Lipinski definition) is 0. The summed E-state index contributed by atoms with van der Waals surface area (Å²) in [6.45, 7) is 2.52. The lowest BCUT2D eigenvalue weighted by atomic mass is 9.98. The van der Waals surface area contributed by atoms with Gasteiger partial charge in [0.1, 0.15) is 0 Å². The lowest BCUT2D eigenvalue weighted by molar-refractivity contribution is 0.0707. The van der Waals surface area contributed by atoms with Gasteiger partial charge in [-0.05, 0) is 44.6 Å². The van der Waals surface area contributed by atoms with Crippen molar-refractivity contribution in [3.8, 4) is 0 Å². The smallest absolute Gasteiger partial charge is 0.253 e. The third-order valence-electron chi connectivity index (χ3n) is 4.21. The summed E-state index contributed by atoms with van der Waals surface area (Å²) in [5.41, 5.74) is 2.01. The molecule has 0 bridgehead atoms. The van der Waals surface area contributed by atoms with Gasteiger partial charge in [0.25, 0.3) is 5.91 Å². The molecule has 1 atom stereocenters. The van der Waals surface area contributed by atoms with Gasteiger partial charge in [-0.2, -0.15) is 0 Å². The van der Waals surface area contributed by atoms with E-state index in [0.717, 1.165) is 43.0 Å². The number of carbonyl (C=O) groups excluding carboxylic acids is 1. The Morgan fingerprint density at radius 2 is 2.13 bits per heavy atom. The zero-order valence-corrected chi connectivity index (χ0v) is 14.6. The summed E-state index contributed by atoms with van der Waals surface area (Å²) >= 11 is 1.69. The summed E-state index contributed by atoms with van der Waals surface area (Å²) in [5, 5.41) is 3.17. The van der Waals surface area contributed by atoms with Crippen LogP contribution in [-0.4, -0.2) is 47.9 Å². The Hall–Kier alpha value is -1.72. The molecule has 0 radical (unpaired) electrons. The van der Waals surface area contributed by atoms with E-state index in [0.29, 0.717) is 5.92 Å². The van der Waals surface area contributed by atoms with Crippen LogP contribution >= 0.6 is 11.3 Å². The third kappa shape index (κ3) is 3.98. The molecule has 4 nitrogen and oxygen atoms in total. The zero-order chi connectivity index (χ0) is 16.2. The highest BCUT2D eigenvalue weighted by Gasteiger charge is 2.26. The van der Waals surface area contributed by atoms with E-state index >= 15 is 0 Å². The van der Waals surface area contributed by atoms with Crippen LogP contribution in [0.3, 0.4) is 0 Å². The van der Waals surface area contributed by atoms with Gasteiger partial charge < -0.3 is 9.80 Å². The minimum atomic E-state index is 0.141. The van der Waals surface area contributed by atoms with Gasteiger partial charge in [0, 0.05) is 42.7 Å². The fourth-order valence-corrected chi connectivity index (χ4v) is 3.87. The van der Waals surface area contributed by atoms with E-state index in [1.165, 1.54) is 5.56 Å². The van der Waals surface area contributed by atoms with Crippen LogP contribution in [0.4, 0.5) is 0 Å². The van der Waals surface area contributed by atoms with Crippen molar-refractivity contribution in [3.63, 3.8) is 0 Å². The molecule has 5 heteroatoms. The van der Waals surface area contributed by atoms with Gasteiger partial charge in [0.05, 0.1) is 5.01 Å². The number of benzene rings is 1. The second-order valence-corrected chi connectivity index (χ2v) is 7.32. The molecule has 1 aliphatic heterocycles. The molecular formula is C18H23N3OS. The molecule has 2 heterocycles. The molecule has 0 saturated carbocycles. The molecule has 0 unspecified atom stereocenters. The third-order valence-corrected chi connectivity index (χ3v) is 5.15. The van der Waals surface area contributed by atoms with Gasteiger partial charge in [-0.25, -0.2) is 4.98 Å². The van der Waals surface area contributed by atoms with Crippen molar-refractivity contribution in [2.75, 3.05) is 27.2 Å². The first-order chi connectivity index (χ1) is 11.1. The molecule has 1 aromatic carbocycles. The van der Waals surface area contributed by atoms with Gasteiger partial charge in [0.2, 0.25) is 0 Å². The molecule has 1 amide bonds. The van der Waals surface area contributed by atoms with Crippen molar-refractivity contribution < 1.29 is 4.79 Å². The maximum Gasteiger partial charge on any atom is 0.253 e. The van der Waals surface area contributed by atoms with Crippen LogP contribution in [0, 0.1) is 0 Å². The van der Waals surface area contributed by atoms with Gasteiger partial charge in [0.15, 0.2) is 0 Å². The second kappa shape index (κ2) is 7.23. The largest absolute Gasteiger partial charge is 0.338 e. The lowest BCUT2D eigenvalue weighted by Crippen LogP contribution is -2.39. The lowest BCUT2D eigenvalue weighted by Gasteiger charge is -2.32. The quantitative estimate of drug-likeness (QED) is 0.864. The van der Waals surface area contributed by atoms with Gasteiger partial charge >= 0.3 is 0 Å². The second-order valence-electron chi connectivity index (χ2n) is 6.40. The molecule has 2 aromatic rings. The average Bonchev–Trinajstić information content (AvgIpc) is 3.09. The zero-order valence-electron chi connectivity index (χ0n) is 13.7. The first-order valence-electron chi connectivity index (χ1n) is 8.06. The van der Waals surface area contributed by atoms with Crippen LogP contribution in [0.1, 0.15) is 39.7 Å². The summed E-state index contributed by atoms with van der Waals surface area (Å²) in [5.74, 6) is 0.531. The average molecular weight is 329 g/mol. The minimum absolute atomic E-state index is 0.141. The standard InChI is InChI=1S/C18H23N3OS/c1-20(2)12-14-5-7-15(8-6-14)18(22)21-10-3-4-16(13-21)17-19-9-11-23-17/h5-9,11,16H,3-4,10,12-13H2,1-2H3/t16-/m0/s1.